The first kappa shape index (κ1) is 12.0. The van der Waals surface area contributed by atoms with Crippen LogP contribution < -0.4 is 11.1 Å². The molecule has 0 saturated heterocycles. The highest BCUT2D eigenvalue weighted by Crippen LogP contribution is 2.09. The van der Waals surface area contributed by atoms with Crippen molar-refractivity contribution in [3.05, 3.63) is 54.8 Å². The molecule has 0 fully saturated rings. The van der Waals surface area contributed by atoms with Gasteiger partial charge in [0, 0.05) is 5.70 Å². The summed E-state index contributed by atoms with van der Waals surface area (Å²) in [5.74, 6) is 0.390. The van der Waals surface area contributed by atoms with E-state index in [0.717, 1.165) is 17.8 Å². The van der Waals surface area contributed by atoms with Gasteiger partial charge < -0.3 is 11.1 Å². The zero-order valence-electron chi connectivity index (χ0n) is 9.48. The average molecular weight is 215 g/mol. The van der Waals surface area contributed by atoms with Gasteiger partial charge in [-0.1, -0.05) is 37.8 Å². The molecule has 0 radical (unpaired) electrons. The van der Waals surface area contributed by atoms with E-state index in [2.05, 4.69) is 16.9 Å². The zero-order chi connectivity index (χ0) is 11.8. The molecular weight excluding hydrogens is 198 g/mol. The summed E-state index contributed by atoms with van der Waals surface area (Å²) >= 11 is 0. The predicted octanol–water partition coefficient (Wildman–Crippen LogP) is 2.70. The smallest absolute Gasteiger partial charge is 0.198 e. The van der Waals surface area contributed by atoms with Gasteiger partial charge in [-0.2, -0.15) is 0 Å². The van der Waals surface area contributed by atoms with Crippen LogP contribution in [0, 0.1) is 0 Å². The fourth-order valence-corrected chi connectivity index (χ4v) is 1.22. The van der Waals surface area contributed by atoms with Crippen molar-refractivity contribution in [3.63, 3.8) is 0 Å². The third-order valence-electron chi connectivity index (χ3n) is 1.99. The Kier molecular flexibility index (Phi) is 4.86. The van der Waals surface area contributed by atoms with Crippen LogP contribution in [-0.2, 0) is 0 Å². The number of nitrogens with zero attached hydrogens (tertiary/aromatic N) is 1. The van der Waals surface area contributed by atoms with E-state index in [9.17, 15) is 0 Å². The number of benzene rings is 1. The van der Waals surface area contributed by atoms with Crippen molar-refractivity contribution in [3.8, 4) is 0 Å². The van der Waals surface area contributed by atoms with Gasteiger partial charge in [-0.25, -0.2) is 4.99 Å². The number of para-hydroxylation sites is 1. The van der Waals surface area contributed by atoms with Crippen molar-refractivity contribution in [2.24, 2.45) is 10.7 Å². The molecule has 0 heterocycles. The van der Waals surface area contributed by atoms with Gasteiger partial charge in [0.05, 0.1) is 5.69 Å². The molecule has 3 heteroatoms. The molecule has 84 valence electrons. The average Bonchev–Trinajstić information content (AvgIpc) is 2.29. The first-order valence-electron chi connectivity index (χ1n) is 5.24. The fraction of sp³-hybridized carbons (Fsp3) is 0.154. The number of aliphatic imine (C=N–C) groups is 1. The van der Waals surface area contributed by atoms with Crippen molar-refractivity contribution < 1.29 is 0 Å². The normalized spacial score (nSPS) is 12.3. The minimum atomic E-state index is 0.390. The summed E-state index contributed by atoms with van der Waals surface area (Å²) in [7, 11) is 0. The highest BCUT2D eigenvalue weighted by Gasteiger charge is 1.95. The minimum Gasteiger partial charge on any atom is -0.369 e. The van der Waals surface area contributed by atoms with Crippen molar-refractivity contribution in [2.45, 2.75) is 13.3 Å². The number of rotatable bonds is 4. The third-order valence-corrected chi connectivity index (χ3v) is 1.99. The van der Waals surface area contributed by atoms with Crippen LogP contribution in [-0.4, -0.2) is 5.96 Å². The van der Waals surface area contributed by atoms with Gasteiger partial charge in [0.1, 0.15) is 0 Å². The molecule has 0 aliphatic heterocycles. The molecule has 0 aromatic heterocycles. The Morgan fingerprint density at radius 2 is 2.12 bits per heavy atom. The first-order valence-corrected chi connectivity index (χ1v) is 5.24. The second kappa shape index (κ2) is 6.45. The van der Waals surface area contributed by atoms with Crippen LogP contribution in [0.5, 0.6) is 0 Å². The van der Waals surface area contributed by atoms with Crippen molar-refractivity contribution in [1.29, 1.82) is 0 Å². The SMILES string of the molecule is C=C/C=C(\CC)NC(N)=Nc1ccccc1. The largest absolute Gasteiger partial charge is 0.369 e. The lowest BCUT2D eigenvalue weighted by Crippen LogP contribution is -2.30. The lowest BCUT2D eigenvalue weighted by Gasteiger charge is -2.07. The van der Waals surface area contributed by atoms with E-state index in [1.165, 1.54) is 0 Å². The molecule has 0 atom stereocenters. The van der Waals surface area contributed by atoms with Crippen molar-refractivity contribution >= 4 is 11.6 Å². The maximum absolute atomic E-state index is 5.78. The van der Waals surface area contributed by atoms with Crippen LogP contribution >= 0.6 is 0 Å². The molecule has 1 rings (SSSR count). The van der Waals surface area contributed by atoms with Gasteiger partial charge >= 0.3 is 0 Å². The molecule has 3 nitrogen and oxygen atoms in total. The van der Waals surface area contributed by atoms with Crippen LogP contribution in [0.15, 0.2) is 59.8 Å². The van der Waals surface area contributed by atoms with Gasteiger partial charge in [0.25, 0.3) is 0 Å². The van der Waals surface area contributed by atoms with E-state index in [0.29, 0.717) is 5.96 Å². The number of nitrogens with one attached hydrogen (secondary N) is 1. The molecule has 1 aromatic rings. The number of guanidine groups is 1. The summed E-state index contributed by atoms with van der Waals surface area (Å²) in [6.07, 6.45) is 4.46. The molecule has 0 unspecified atom stereocenters. The summed E-state index contributed by atoms with van der Waals surface area (Å²) in [4.78, 5) is 4.24. The molecule has 16 heavy (non-hydrogen) atoms. The Hall–Kier alpha value is -2.03. The van der Waals surface area contributed by atoms with Gasteiger partial charge in [0.2, 0.25) is 0 Å². The summed E-state index contributed by atoms with van der Waals surface area (Å²) in [5.41, 5.74) is 7.60. The highest BCUT2D eigenvalue weighted by atomic mass is 15.1. The molecule has 0 saturated carbocycles. The van der Waals surface area contributed by atoms with Crippen LogP contribution in [0.3, 0.4) is 0 Å². The Morgan fingerprint density at radius 1 is 1.44 bits per heavy atom. The Labute approximate surface area is 96.4 Å². The number of hydrogen-bond acceptors (Lipinski definition) is 1. The maximum atomic E-state index is 5.78. The standard InChI is InChI=1S/C13H17N3/c1-3-8-11(4-2)15-13(14)16-12-9-6-5-7-10-12/h3,5-10H,1,4H2,2H3,(H3,14,15,16)/b11-8+. The molecule has 0 amide bonds. The maximum Gasteiger partial charge on any atom is 0.198 e. The summed E-state index contributed by atoms with van der Waals surface area (Å²) in [6, 6.07) is 9.59. The van der Waals surface area contributed by atoms with Crippen LogP contribution in [0.1, 0.15) is 13.3 Å². The van der Waals surface area contributed by atoms with Gasteiger partial charge in [0.15, 0.2) is 5.96 Å². The first-order chi connectivity index (χ1) is 7.76. The number of nitrogens with two attached hydrogens (primary N) is 1. The lowest BCUT2D eigenvalue weighted by atomic mass is 10.3. The van der Waals surface area contributed by atoms with E-state index in [1.54, 1.807) is 6.08 Å². The monoisotopic (exact) mass is 215 g/mol. The third kappa shape index (κ3) is 4.00. The van der Waals surface area contributed by atoms with Crippen LogP contribution in [0.4, 0.5) is 5.69 Å². The Balaban J connectivity index is 2.71. The minimum absolute atomic E-state index is 0.390. The van der Waals surface area contributed by atoms with E-state index in [1.807, 2.05) is 43.3 Å². The van der Waals surface area contributed by atoms with Crippen LogP contribution in [0.25, 0.3) is 0 Å². The number of allylic oxidation sites excluding steroid dienone is 3. The topological polar surface area (TPSA) is 50.4 Å². The lowest BCUT2D eigenvalue weighted by molar-refractivity contribution is 0.968. The molecule has 0 spiro atoms. The van der Waals surface area contributed by atoms with Gasteiger partial charge in [-0.3, -0.25) is 0 Å². The number of hydrogen-bond donors (Lipinski definition) is 2. The second-order valence-electron chi connectivity index (χ2n) is 3.24. The van der Waals surface area contributed by atoms with E-state index in [-0.39, 0.29) is 0 Å². The van der Waals surface area contributed by atoms with E-state index in [4.69, 9.17) is 5.73 Å². The summed E-state index contributed by atoms with van der Waals surface area (Å²) in [5, 5.41) is 3.03. The van der Waals surface area contributed by atoms with Gasteiger partial charge in [-0.15, -0.1) is 0 Å². The second-order valence-corrected chi connectivity index (χ2v) is 3.24. The summed E-state index contributed by atoms with van der Waals surface area (Å²) in [6.45, 7) is 5.68. The zero-order valence-corrected chi connectivity index (χ0v) is 9.48. The highest BCUT2D eigenvalue weighted by molar-refractivity contribution is 5.82. The van der Waals surface area contributed by atoms with Crippen LogP contribution in [0.2, 0.25) is 0 Å². The summed E-state index contributed by atoms with van der Waals surface area (Å²) < 4.78 is 0. The quantitative estimate of drug-likeness (QED) is 0.461. The van der Waals surface area contributed by atoms with Crippen molar-refractivity contribution in [2.75, 3.05) is 0 Å². The molecule has 1 aromatic carbocycles. The molecule has 0 aliphatic rings. The van der Waals surface area contributed by atoms with Crippen molar-refractivity contribution in [1.82, 2.24) is 5.32 Å². The Morgan fingerprint density at radius 3 is 2.69 bits per heavy atom. The molecule has 0 bridgehead atoms. The van der Waals surface area contributed by atoms with E-state index >= 15 is 0 Å². The molecule has 3 N–H and O–H groups in total. The fourth-order valence-electron chi connectivity index (χ4n) is 1.22. The predicted molar refractivity (Wildman–Crippen MR) is 69.4 cm³/mol. The van der Waals surface area contributed by atoms with Gasteiger partial charge in [-0.05, 0) is 24.6 Å². The molecule has 0 aliphatic carbocycles. The Bertz CT molecular complexity index is 391. The van der Waals surface area contributed by atoms with E-state index < -0.39 is 0 Å². The molecular formula is C13H17N3.